The van der Waals surface area contributed by atoms with E-state index in [1.165, 1.54) is 32.8 Å². The largest absolute Gasteiger partial charge is 0.465 e. The Labute approximate surface area is 113 Å². The summed E-state index contributed by atoms with van der Waals surface area (Å²) >= 11 is 0. The van der Waals surface area contributed by atoms with Crippen LogP contribution in [0, 0.1) is 5.92 Å². The third-order valence-electron chi connectivity index (χ3n) is 3.91. The summed E-state index contributed by atoms with van der Waals surface area (Å²) in [5.74, 6) is 0.473. The van der Waals surface area contributed by atoms with E-state index < -0.39 is 0 Å². The fourth-order valence-corrected chi connectivity index (χ4v) is 2.44. The fraction of sp³-hybridized carbons (Fsp3) is 0.533. The van der Waals surface area contributed by atoms with Gasteiger partial charge in [0, 0.05) is 24.0 Å². The van der Waals surface area contributed by atoms with E-state index in [4.69, 9.17) is 10.5 Å². The van der Waals surface area contributed by atoms with Crippen molar-refractivity contribution in [1.29, 1.82) is 0 Å². The standard InChI is InChI=1S/C15H20N2O2/c1-19-15(18)13-8-12(6-7-14(13)16)17(11-4-5-11)9-10-2-3-10/h6-8,10-11H,2-5,9,16H2,1H3. The molecule has 4 heteroatoms. The molecule has 3 rings (SSSR count). The molecule has 0 heterocycles. The van der Waals surface area contributed by atoms with Crippen molar-refractivity contribution in [3.05, 3.63) is 23.8 Å². The predicted octanol–water partition coefficient (Wildman–Crippen LogP) is 2.43. The second-order valence-corrected chi connectivity index (χ2v) is 5.59. The Kier molecular flexibility index (Phi) is 3.09. The molecule has 0 atom stereocenters. The molecule has 0 aromatic heterocycles. The summed E-state index contributed by atoms with van der Waals surface area (Å²) < 4.78 is 4.78. The van der Waals surface area contributed by atoms with Crippen LogP contribution in [0.25, 0.3) is 0 Å². The number of carbonyl (C=O) groups excluding carboxylic acids is 1. The van der Waals surface area contributed by atoms with Crippen molar-refractivity contribution >= 4 is 17.3 Å². The lowest BCUT2D eigenvalue weighted by Crippen LogP contribution is -2.28. The zero-order chi connectivity index (χ0) is 13.4. The lowest BCUT2D eigenvalue weighted by atomic mass is 10.1. The van der Waals surface area contributed by atoms with Crippen molar-refractivity contribution < 1.29 is 9.53 Å². The normalized spacial score (nSPS) is 18.2. The molecule has 2 N–H and O–H groups in total. The molecular formula is C15H20N2O2. The zero-order valence-electron chi connectivity index (χ0n) is 11.3. The number of esters is 1. The van der Waals surface area contributed by atoms with Crippen molar-refractivity contribution in [3.8, 4) is 0 Å². The molecule has 1 aromatic carbocycles. The Hall–Kier alpha value is -1.71. The Bertz CT molecular complexity index is 493. The predicted molar refractivity (Wildman–Crippen MR) is 75.3 cm³/mol. The summed E-state index contributed by atoms with van der Waals surface area (Å²) in [6.45, 7) is 1.11. The number of ether oxygens (including phenoxy) is 1. The minimum atomic E-state index is -0.360. The van der Waals surface area contributed by atoms with Crippen LogP contribution < -0.4 is 10.6 Å². The maximum absolute atomic E-state index is 11.7. The van der Waals surface area contributed by atoms with Crippen molar-refractivity contribution in [2.75, 3.05) is 24.3 Å². The molecule has 2 saturated carbocycles. The number of nitrogens with zero attached hydrogens (tertiary/aromatic N) is 1. The molecular weight excluding hydrogens is 240 g/mol. The summed E-state index contributed by atoms with van der Waals surface area (Å²) in [6, 6.07) is 6.35. The molecule has 0 aliphatic heterocycles. The van der Waals surface area contributed by atoms with E-state index in [1.807, 2.05) is 18.2 Å². The topological polar surface area (TPSA) is 55.6 Å². The van der Waals surface area contributed by atoms with Crippen molar-refractivity contribution in [3.63, 3.8) is 0 Å². The Morgan fingerprint density at radius 2 is 2.11 bits per heavy atom. The van der Waals surface area contributed by atoms with Gasteiger partial charge in [-0.1, -0.05) is 0 Å². The first kappa shape index (κ1) is 12.3. The summed E-state index contributed by atoms with van der Waals surface area (Å²) in [5.41, 5.74) is 7.91. The number of hydrogen-bond donors (Lipinski definition) is 1. The molecule has 102 valence electrons. The summed E-state index contributed by atoms with van der Waals surface area (Å²) in [6.07, 6.45) is 5.18. The first-order valence-corrected chi connectivity index (χ1v) is 6.93. The maximum Gasteiger partial charge on any atom is 0.340 e. The average Bonchev–Trinajstić information content (AvgIpc) is 3.28. The smallest absolute Gasteiger partial charge is 0.340 e. The quantitative estimate of drug-likeness (QED) is 0.652. The van der Waals surface area contributed by atoms with E-state index in [2.05, 4.69) is 4.90 Å². The van der Waals surface area contributed by atoms with Crippen LogP contribution in [0.2, 0.25) is 0 Å². The number of anilines is 2. The molecule has 2 fully saturated rings. The van der Waals surface area contributed by atoms with Gasteiger partial charge in [-0.3, -0.25) is 0 Å². The first-order chi connectivity index (χ1) is 9.19. The average molecular weight is 260 g/mol. The van der Waals surface area contributed by atoms with Gasteiger partial charge in [-0.15, -0.1) is 0 Å². The Balaban J connectivity index is 1.87. The van der Waals surface area contributed by atoms with Gasteiger partial charge in [0.1, 0.15) is 0 Å². The highest BCUT2D eigenvalue weighted by atomic mass is 16.5. The van der Waals surface area contributed by atoms with Crippen molar-refractivity contribution in [2.45, 2.75) is 31.7 Å². The van der Waals surface area contributed by atoms with E-state index in [-0.39, 0.29) is 5.97 Å². The van der Waals surface area contributed by atoms with Gasteiger partial charge < -0.3 is 15.4 Å². The Morgan fingerprint density at radius 3 is 2.68 bits per heavy atom. The molecule has 1 aromatic rings. The molecule has 2 aliphatic rings. The second-order valence-electron chi connectivity index (χ2n) is 5.59. The number of methoxy groups -OCH3 is 1. The fourth-order valence-electron chi connectivity index (χ4n) is 2.44. The molecule has 0 radical (unpaired) electrons. The number of nitrogen functional groups attached to an aromatic ring is 1. The van der Waals surface area contributed by atoms with Crippen molar-refractivity contribution in [1.82, 2.24) is 0 Å². The van der Waals surface area contributed by atoms with Crippen LogP contribution in [0.4, 0.5) is 11.4 Å². The van der Waals surface area contributed by atoms with Crippen LogP contribution in [0.5, 0.6) is 0 Å². The second kappa shape index (κ2) is 4.76. The highest BCUT2D eigenvalue weighted by Gasteiger charge is 2.34. The molecule has 0 saturated heterocycles. The minimum Gasteiger partial charge on any atom is -0.465 e. The number of nitrogens with two attached hydrogens (primary N) is 1. The number of hydrogen-bond acceptors (Lipinski definition) is 4. The zero-order valence-corrected chi connectivity index (χ0v) is 11.3. The summed E-state index contributed by atoms with van der Waals surface area (Å²) in [7, 11) is 1.39. The lowest BCUT2D eigenvalue weighted by molar-refractivity contribution is 0.0602. The maximum atomic E-state index is 11.7. The number of benzene rings is 1. The summed E-state index contributed by atoms with van der Waals surface area (Å²) in [5, 5.41) is 0. The minimum absolute atomic E-state index is 0.360. The van der Waals surface area contributed by atoms with E-state index in [1.54, 1.807) is 0 Å². The summed E-state index contributed by atoms with van der Waals surface area (Å²) in [4.78, 5) is 14.1. The van der Waals surface area contributed by atoms with Gasteiger partial charge in [-0.05, 0) is 49.8 Å². The molecule has 0 unspecified atom stereocenters. The monoisotopic (exact) mass is 260 g/mol. The van der Waals surface area contributed by atoms with E-state index in [0.29, 0.717) is 17.3 Å². The van der Waals surface area contributed by atoms with E-state index in [0.717, 1.165) is 18.2 Å². The van der Waals surface area contributed by atoms with Gasteiger partial charge >= 0.3 is 5.97 Å². The van der Waals surface area contributed by atoms with Crippen LogP contribution in [0.1, 0.15) is 36.0 Å². The Morgan fingerprint density at radius 1 is 1.37 bits per heavy atom. The molecule has 19 heavy (non-hydrogen) atoms. The van der Waals surface area contributed by atoms with Crippen LogP contribution in [-0.2, 0) is 4.74 Å². The van der Waals surface area contributed by atoms with E-state index >= 15 is 0 Å². The van der Waals surface area contributed by atoms with Gasteiger partial charge in [-0.25, -0.2) is 4.79 Å². The number of carbonyl (C=O) groups is 1. The van der Waals surface area contributed by atoms with Gasteiger partial charge in [0.15, 0.2) is 0 Å². The lowest BCUT2D eigenvalue weighted by Gasteiger charge is -2.25. The van der Waals surface area contributed by atoms with Crippen molar-refractivity contribution in [2.24, 2.45) is 5.92 Å². The van der Waals surface area contributed by atoms with Crippen LogP contribution in [0.15, 0.2) is 18.2 Å². The number of rotatable bonds is 5. The van der Waals surface area contributed by atoms with Gasteiger partial charge in [0.25, 0.3) is 0 Å². The first-order valence-electron chi connectivity index (χ1n) is 6.93. The van der Waals surface area contributed by atoms with E-state index in [9.17, 15) is 4.79 Å². The molecule has 0 amide bonds. The van der Waals surface area contributed by atoms with Crippen LogP contribution >= 0.6 is 0 Å². The molecule has 0 spiro atoms. The van der Waals surface area contributed by atoms with Gasteiger partial charge in [0.2, 0.25) is 0 Å². The third kappa shape index (κ3) is 2.67. The molecule has 4 nitrogen and oxygen atoms in total. The molecule has 2 aliphatic carbocycles. The SMILES string of the molecule is COC(=O)c1cc(N(CC2CC2)C2CC2)ccc1N. The van der Waals surface area contributed by atoms with Gasteiger partial charge in [0.05, 0.1) is 12.7 Å². The van der Waals surface area contributed by atoms with Crippen LogP contribution in [-0.4, -0.2) is 25.7 Å². The third-order valence-corrected chi connectivity index (χ3v) is 3.91. The van der Waals surface area contributed by atoms with Crippen LogP contribution in [0.3, 0.4) is 0 Å². The highest BCUT2D eigenvalue weighted by Crippen LogP contribution is 2.38. The van der Waals surface area contributed by atoms with Gasteiger partial charge in [-0.2, -0.15) is 0 Å². The molecule has 0 bridgehead atoms. The highest BCUT2D eigenvalue weighted by molar-refractivity contribution is 5.96.